The van der Waals surface area contributed by atoms with Gasteiger partial charge in [-0.1, -0.05) is 5.11 Å². The number of carbonyl (C=O) groups is 1. The quantitative estimate of drug-likeness (QED) is 0.235. The van der Waals surface area contributed by atoms with E-state index in [1.54, 1.807) is 14.2 Å². The zero-order chi connectivity index (χ0) is 24.2. The SMILES string of the molecule is COc1ccc(OC)c(CCNc2ncnc3c2ncn3[C@@H]2O[C@H](C(=O)O)[C@@H](N=[N+]=[N-])[C@H]2O)c1. The standard InChI is InChI=1S/C20H22N8O6/c1-32-11-3-4-12(33-2)10(7-11)5-6-22-17-14-18(24-8-23-17)28(9-25-14)19-15(29)13(26-27-21)16(34-19)20(30)31/h3-4,7-9,13,15-16,19,29H,5-6H2,1-2H3,(H,30,31)(H,22,23,24)/t13-,15+,16-,19+/m0/s1. The molecule has 1 aliphatic heterocycles. The maximum absolute atomic E-state index is 11.5. The number of carboxylic acids is 1. The van der Waals surface area contributed by atoms with E-state index in [1.165, 1.54) is 17.2 Å². The van der Waals surface area contributed by atoms with Crippen molar-refractivity contribution in [1.82, 2.24) is 19.5 Å². The number of rotatable bonds is 9. The summed E-state index contributed by atoms with van der Waals surface area (Å²) in [6.45, 7) is 0.491. The molecule has 0 spiro atoms. The van der Waals surface area contributed by atoms with Crippen molar-refractivity contribution in [2.24, 2.45) is 5.11 Å². The maximum atomic E-state index is 11.5. The molecule has 3 aromatic rings. The van der Waals surface area contributed by atoms with Crippen molar-refractivity contribution >= 4 is 23.0 Å². The molecule has 3 N–H and O–H groups in total. The Kier molecular flexibility index (Phi) is 6.63. The average Bonchev–Trinajstić information content (AvgIpc) is 3.41. The van der Waals surface area contributed by atoms with Crippen molar-refractivity contribution in [2.75, 3.05) is 26.1 Å². The number of ether oxygens (including phenoxy) is 3. The van der Waals surface area contributed by atoms with Crippen molar-refractivity contribution in [2.45, 2.75) is 30.9 Å². The van der Waals surface area contributed by atoms with Crippen molar-refractivity contribution < 1.29 is 29.2 Å². The molecule has 0 amide bonds. The fourth-order valence-corrected chi connectivity index (χ4v) is 3.84. The van der Waals surface area contributed by atoms with E-state index >= 15 is 0 Å². The number of aliphatic carboxylic acids is 1. The van der Waals surface area contributed by atoms with Crippen LogP contribution in [0.2, 0.25) is 0 Å². The van der Waals surface area contributed by atoms with E-state index in [0.29, 0.717) is 35.7 Å². The summed E-state index contributed by atoms with van der Waals surface area (Å²) in [6, 6.07) is 4.24. The highest BCUT2D eigenvalue weighted by atomic mass is 16.6. The van der Waals surface area contributed by atoms with Gasteiger partial charge < -0.3 is 29.7 Å². The summed E-state index contributed by atoms with van der Waals surface area (Å²) < 4.78 is 17.6. The lowest BCUT2D eigenvalue weighted by Gasteiger charge is -2.16. The first kappa shape index (κ1) is 23.0. The van der Waals surface area contributed by atoms with Crippen LogP contribution in [0.15, 0.2) is 36.0 Å². The molecule has 1 fully saturated rings. The summed E-state index contributed by atoms with van der Waals surface area (Å²) in [5.41, 5.74) is 10.4. The summed E-state index contributed by atoms with van der Waals surface area (Å²) in [5, 5.41) is 26.5. The molecular weight excluding hydrogens is 448 g/mol. The third kappa shape index (κ3) is 4.24. The molecule has 0 unspecified atom stereocenters. The number of methoxy groups -OCH3 is 2. The Morgan fingerprint density at radius 1 is 1.32 bits per heavy atom. The molecule has 14 heteroatoms. The minimum Gasteiger partial charge on any atom is -0.497 e. The van der Waals surface area contributed by atoms with Gasteiger partial charge in [0.05, 0.1) is 20.5 Å². The second-order valence-electron chi connectivity index (χ2n) is 7.37. The molecule has 2 aromatic heterocycles. The number of azide groups is 1. The Bertz CT molecular complexity index is 1240. The van der Waals surface area contributed by atoms with Crippen LogP contribution in [-0.2, 0) is 16.0 Å². The number of aliphatic hydroxyl groups excluding tert-OH is 1. The number of nitrogens with zero attached hydrogens (tertiary/aromatic N) is 7. The first-order chi connectivity index (χ1) is 16.5. The first-order valence-corrected chi connectivity index (χ1v) is 10.2. The second kappa shape index (κ2) is 9.79. The molecule has 3 heterocycles. The van der Waals surface area contributed by atoms with E-state index in [0.717, 1.165) is 11.3 Å². The highest BCUT2D eigenvalue weighted by Crippen LogP contribution is 2.34. The van der Waals surface area contributed by atoms with Gasteiger partial charge in [0.25, 0.3) is 0 Å². The van der Waals surface area contributed by atoms with E-state index in [2.05, 4.69) is 30.3 Å². The summed E-state index contributed by atoms with van der Waals surface area (Å²) >= 11 is 0. The van der Waals surface area contributed by atoms with Crippen LogP contribution in [-0.4, -0.2) is 74.7 Å². The van der Waals surface area contributed by atoms with E-state index in [-0.39, 0.29) is 0 Å². The molecule has 4 rings (SSSR count). The molecule has 0 aliphatic carbocycles. The predicted molar refractivity (Wildman–Crippen MR) is 118 cm³/mol. The maximum Gasteiger partial charge on any atom is 0.333 e. The number of hydrogen-bond acceptors (Lipinski definition) is 10. The molecular formula is C20H22N8O6. The third-order valence-corrected chi connectivity index (χ3v) is 5.47. The number of benzene rings is 1. The number of imidazole rings is 1. The van der Waals surface area contributed by atoms with Crippen LogP contribution in [0.5, 0.6) is 11.5 Å². The van der Waals surface area contributed by atoms with Gasteiger partial charge in [-0.05, 0) is 35.7 Å². The molecule has 1 aliphatic rings. The minimum atomic E-state index is -1.51. The van der Waals surface area contributed by atoms with Crippen molar-refractivity contribution in [3.8, 4) is 11.5 Å². The van der Waals surface area contributed by atoms with Gasteiger partial charge in [-0.2, -0.15) is 0 Å². The molecule has 0 radical (unpaired) electrons. The highest BCUT2D eigenvalue weighted by molar-refractivity contribution is 5.82. The molecule has 34 heavy (non-hydrogen) atoms. The van der Waals surface area contributed by atoms with Crippen molar-refractivity contribution in [1.29, 1.82) is 0 Å². The monoisotopic (exact) mass is 470 g/mol. The van der Waals surface area contributed by atoms with Gasteiger partial charge in [-0.3, -0.25) is 4.57 Å². The molecule has 0 saturated carbocycles. The topological polar surface area (TPSA) is 190 Å². The molecule has 1 aromatic carbocycles. The Morgan fingerprint density at radius 3 is 2.85 bits per heavy atom. The van der Waals surface area contributed by atoms with Crippen LogP contribution in [0.25, 0.3) is 21.6 Å². The second-order valence-corrected chi connectivity index (χ2v) is 7.37. The van der Waals surface area contributed by atoms with Crippen molar-refractivity contribution in [3.05, 3.63) is 46.9 Å². The third-order valence-electron chi connectivity index (χ3n) is 5.47. The van der Waals surface area contributed by atoms with Crippen LogP contribution in [0.1, 0.15) is 11.8 Å². The zero-order valence-electron chi connectivity index (χ0n) is 18.3. The van der Waals surface area contributed by atoms with E-state index in [4.69, 9.17) is 19.7 Å². The van der Waals surface area contributed by atoms with Gasteiger partial charge in [0.1, 0.15) is 30.0 Å². The van der Waals surface area contributed by atoms with Crippen LogP contribution >= 0.6 is 0 Å². The van der Waals surface area contributed by atoms with Crippen LogP contribution < -0.4 is 14.8 Å². The lowest BCUT2D eigenvalue weighted by Crippen LogP contribution is -2.34. The Morgan fingerprint density at radius 2 is 2.15 bits per heavy atom. The lowest BCUT2D eigenvalue weighted by atomic mass is 10.1. The fraction of sp³-hybridized carbons (Fsp3) is 0.400. The van der Waals surface area contributed by atoms with Gasteiger partial charge in [-0.15, -0.1) is 0 Å². The van der Waals surface area contributed by atoms with Gasteiger partial charge in [0.15, 0.2) is 29.3 Å². The molecule has 178 valence electrons. The Balaban J connectivity index is 1.55. The van der Waals surface area contributed by atoms with Crippen molar-refractivity contribution in [3.63, 3.8) is 0 Å². The number of aliphatic hydroxyl groups is 1. The molecule has 0 bridgehead atoms. The number of anilines is 1. The van der Waals surface area contributed by atoms with Gasteiger partial charge in [-0.25, -0.2) is 19.7 Å². The lowest BCUT2D eigenvalue weighted by molar-refractivity contribution is -0.152. The number of fused-ring (bicyclic) bond motifs is 1. The first-order valence-electron chi connectivity index (χ1n) is 10.2. The number of hydrogen-bond donors (Lipinski definition) is 3. The van der Waals surface area contributed by atoms with E-state index < -0.39 is 30.4 Å². The summed E-state index contributed by atoms with van der Waals surface area (Å²) in [6.07, 6.45) is -0.806. The van der Waals surface area contributed by atoms with E-state index in [9.17, 15) is 15.0 Å². The number of nitrogens with one attached hydrogen (secondary N) is 1. The van der Waals surface area contributed by atoms with Crippen LogP contribution in [0.4, 0.5) is 5.82 Å². The van der Waals surface area contributed by atoms with Crippen LogP contribution in [0.3, 0.4) is 0 Å². The minimum absolute atomic E-state index is 0.311. The molecule has 1 saturated heterocycles. The smallest absolute Gasteiger partial charge is 0.333 e. The average molecular weight is 470 g/mol. The Labute approximate surface area is 192 Å². The van der Waals surface area contributed by atoms with Gasteiger partial charge >= 0.3 is 5.97 Å². The Hall–Kier alpha value is -4.13. The fourth-order valence-electron chi connectivity index (χ4n) is 3.84. The predicted octanol–water partition coefficient (Wildman–Crippen LogP) is 1.52. The zero-order valence-corrected chi connectivity index (χ0v) is 18.3. The summed E-state index contributed by atoms with van der Waals surface area (Å²) in [4.78, 5) is 26.9. The summed E-state index contributed by atoms with van der Waals surface area (Å²) in [5.74, 6) is 0.537. The normalized spacial score (nSPS) is 21.7. The number of carboxylic acid groups (broad SMARTS) is 1. The van der Waals surface area contributed by atoms with Crippen LogP contribution in [0, 0.1) is 0 Å². The largest absolute Gasteiger partial charge is 0.497 e. The molecule has 14 nitrogen and oxygen atoms in total. The van der Waals surface area contributed by atoms with Gasteiger partial charge in [0.2, 0.25) is 0 Å². The molecule has 4 atom stereocenters. The van der Waals surface area contributed by atoms with Gasteiger partial charge in [0, 0.05) is 11.5 Å². The number of aromatic nitrogens is 4. The summed E-state index contributed by atoms with van der Waals surface area (Å²) in [7, 11) is 3.19. The highest BCUT2D eigenvalue weighted by Gasteiger charge is 2.48. The van der Waals surface area contributed by atoms with E-state index in [1.807, 2.05) is 18.2 Å².